The molecule has 10 heavy (non-hydrogen) atoms. The van der Waals surface area contributed by atoms with Crippen molar-refractivity contribution >= 4 is 5.69 Å². The molecule has 0 aliphatic rings. The smallest absolute Gasteiger partial charge is 0.184 e. The van der Waals surface area contributed by atoms with Gasteiger partial charge >= 0.3 is 0 Å². The summed E-state index contributed by atoms with van der Waals surface area (Å²) in [6.07, 6.45) is 0. The van der Waals surface area contributed by atoms with Gasteiger partial charge in [-0.05, 0) is 12.1 Å². The summed E-state index contributed by atoms with van der Waals surface area (Å²) in [4.78, 5) is 13.9. The number of hydrogen-bond donors (Lipinski definition) is 1. The predicted molar refractivity (Wildman–Crippen MR) is 37.3 cm³/mol. The van der Waals surface area contributed by atoms with Crippen LogP contribution < -0.4 is 10.6 Å². The molecule has 0 saturated carbocycles. The molecule has 0 aromatic heterocycles. The van der Waals surface area contributed by atoms with Crippen molar-refractivity contribution in [1.29, 1.82) is 0 Å². The highest BCUT2D eigenvalue weighted by Gasteiger charge is 1.96. The van der Waals surface area contributed by atoms with E-state index in [0.717, 1.165) is 0 Å². The Balaban J connectivity index is 2.91. The molecule has 0 bridgehead atoms. The molecule has 4 nitrogen and oxygen atoms in total. The van der Waals surface area contributed by atoms with Gasteiger partial charge in [0.05, 0.1) is 5.69 Å². The topological polar surface area (TPSA) is 64.7 Å². The molecular formula is C6H6N2O2. The lowest BCUT2D eigenvalue weighted by molar-refractivity contribution is 0.337. The quantitative estimate of drug-likeness (QED) is 0.381. The van der Waals surface area contributed by atoms with Crippen molar-refractivity contribution in [2.75, 3.05) is 5.73 Å². The first-order chi connectivity index (χ1) is 4.84. The number of benzene rings is 1. The Morgan fingerprint density at radius 3 is 2.70 bits per heavy atom. The maximum Gasteiger partial charge on any atom is 0.184 e. The first-order valence-corrected chi connectivity index (χ1v) is 2.69. The number of nitrogen functional groups attached to an aromatic ring is 1. The second kappa shape index (κ2) is 2.82. The number of nitrogens with two attached hydrogens (primary N) is 1. The Kier molecular flexibility index (Phi) is 1.84. The molecular weight excluding hydrogens is 132 g/mol. The normalized spacial score (nSPS) is 8.80. The summed E-state index contributed by atoms with van der Waals surface area (Å²) in [6, 6.07) is 6.64. The van der Waals surface area contributed by atoms with Crippen molar-refractivity contribution in [1.82, 2.24) is 0 Å². The van der Waals surface area contributed by atoms with Crippen LogP contribution in [0.25, 0.3) is 0 Å². The van der Waals surface area contributed by atoms with E-state index < -0.39 is 0 Å². The van der Waals surface area contributed by atoms with Crippen LogP contribution in [0.5, 0.6) is 5.75 Å². The molecule has 0 fully saturated rings. The summed E-state index contributed by atoms with van der Waals surface area (Å²) in [7, 11) is 0. The first-order valence-electron chi connectivity index (χ1n) is 2.69. The van der Waals surface area contributed by atoms with Gasteiger partial charge in [-0.1, -0.05) is 12.1 Å². The average Bonchev–Trinajstić information content (AvgIpc) is 1.94. The predicted octanol–water partition coefficient (Wildman–Crippen LogP) is 1.33. The molecule has 0 aliphatic heterocycles. The number of rotatable bonds is 2. The third-order valence-corrected chi connectivity index (χ3v) is 1.05. The molecule has 2 N–H and O–H groups in total. The summed E-state index contributed by atoms with van der Waals surface area (Å²) in [5.41, 5.74) is 5.79. The molecule has 0 amide bonds. The van der Waals surface area contributed by atoms with Gasteiger partial charge in [-0.25, -0.2) is 0 Å². The van der Waals surface area contributed by atoms with Crippen LogP contribution in [-0.2, 0) is 0 Å². The zero-order chi connectivity index (χ0) is 7.40. The second-order valence-electron chi connectivity index (χ2n) is 1.70. The summed E-state index contributed by atoms with van der Waals surface area (Å²) in [5, 5.41) is 2.24. The van der Waals surface area contributed by atoms with Gasteiger partial charge in [-0.2, -0.15) is 0 Å². The van der Waals surface area contributed by atoms with E-state index in [0.29, 0.717) is 5.69 Å². The van der Waals surface area contributed by atoms with Crippen LogP contribution in [0.4, 0.5) is 5.69 Å². The van der Waals surface area contributed by atoms with Crippen molar-refractivity contribution in [3.8, 4) is 5.75 Å². The Morgan fingerprint density at radius 2 is 2.10 bits per heavy atom. The fourth-order valence-electron chi connectivity index (χ4n) is 0.604. The van der Waals surface area contributed by atoms with Gasteiger partial charge in [0.2, 0.25) is 0 Å². The van der Waals surface area contributed by atoms with Gasteiger partial charge in [0.25, 0.3) is 0 Å². The summed E-state index contributed by atoms with van der Waals surface area (Å²) in [5.74, 6) is 0.289. The summed E-state index contributed by atoms with van der Waals surface area (Å²) < 4.78 is 0. The largest absolute Gasteiger partial charge is 0.396 e. The average molecular weight is 138 g/mol. The lowest BCUT2D eigenvalue weighted by Gasteiger charge is -1.96. The lowest BCUT2D eigenvalue weighted by atomic mass is 10.3. The molecule has 0 radical (unpaired) electrons. The van der Waals surface area contributed by atoms with Crippen molar-refractivity contribution < 1.29 is 4.84 Å². The van der Waals surface area contributed by atoms with Crippen LogP contribution in [-0.4, -0.2) is 0 Å². The fraction of sp³-hybridized carbons (Fsp3) is 0. The molecule has 0 saturated heterocycles. The molecule has 0 aliphatic carbocycles. The maximum atomic E-state index is 9.60. The molecule has 0 heterocycles. The van der Waals surface area contributed by atoms with E-state index in [1.807, 2.05) is 0 Å². The molecule has 1 aromatic rings. The Labute approximate surface area is 57.5 Å². The minimum absolute atomic E-state index is 0.289. The van der Waals surface area contributed by atoms with E-state index in [9.17, 15) is 4.91 Å². The van der Waals surface area contributed by atoms with E-state index in [1.54, 1.807) is 24.3 Å². The van der Waals surface area contributed by atoms with Crippen molar-refractivity contribution in [2.45, 2.75) is 0 Å². The van der Waals surface area contributed by atoms with Crippen LogP contribution in [0.15, 0.2) is 29.6 Å². The monoisotopic (exact) mass is 138 g/mol. The van der Waals surface area contributed by atoms with E-state index in [-0.39, 0.29) is 5.75 Å². The van der Waals surface area contributed by atoms with E-state index >= 15 is 0 Å². The molecule has 0 atom stereocenters. The maximum absolute atomic E-state index is 9.60. The van der Waals surface area contributed by atoms with Gasteiger partial charge in [-0.3, -0.25) is 0 Å². The Bertz CT molecular complexity index is 237. The number of nitrogens with zero attached hydrogens (tertiary/aromatic N) is 1. The summed E-state index contributed by atoms with van der Waals surface area (Å²) >= 11 is 0. The minimum Gasteiger partial charge on any atom is -0.396 e. The molecule has 4 heteroatoms. The number of para-hydroxylation sites is 2. The second-order valence-corrected chi connectivity index (χ2v) is 1.70. The number of anilines is 1. The zero-order valence-electron chi connectivity index (χ0n) is 5.15. The van der Waals surface area contributed by atoms with Crippen molar-refractivity contribution in [2.24, 2.45) is 5.34 Å². The van der Waals surface area contributed by atoms with Crippen LogP contribution in [0.2, 0.25) is 0 Å². The van der Waals surface area contributed by atoms with E-state index in [2.05, 4.69) is 10.2 Å². The summed E-state index contributed by atoms with van der Waals surface area (Å²) in [6.45, 7) is 0. The van der Waals surface area contributed by atoms with Gasteiger partial charge in [0.15, 0.2) is 11.1 Å². The Hall–Kier alpha value is -1.58. The van der Waals surface area contributed by atoms with Crippen LogP contribution >= 0.6 is 0 Å². The highest BCUT2D eigenvalue weighted by atomic mass is 16.7. The van der Waals surface area contributed by atoms with Gasteiger partial charge in [0.1, 0.15) is 0 Å². The molecule has 1 aromatic carbocycles. The standard InChI is InChI=1S/C6H6N2O2/c7-5-3-1-2-4-6(5)10-8-9/h1-4H,7H2. The third kappa shape index (κ3) is 1.22. The minimum atomic E-state index is 0.289. The van der Waals surface area contributed by atoms with Crippen molar-refractivity contribution in [3.05, 3.63) is 29.2 Å². The van der Waals surface area contributed by atoms with Gasteiger partial charge in [0, 0.05) is 0 Å². The highest BCUT2D eigenvalue weighted by molar-refractivity contribution is 5.51. The molecule has 0 unspecified atom stereocenters. The van der Waals surface area contributed by atoms with Crippen LogP contribution in [0, 0.1) is 4.91 Å². The van der Waals surface area contributed by atoms with Crippen molar-refractivity contribution in [3.63, 3.8) is 0 Å². The molecule has 52 valence electrons. The van der Waals surface area contributed by atoms with Crippen LogP contribution in [0.3, 0.4) is 0 Å². The van der Waals surface area contributed by atoms with E-state index in [1.165, 1.54) is 0 Å². The highest BCUT2D eigenvalue weighted by Crippen LogP contribution is 2.19. The third-order valence-electron chi connectivity index (χ3n) is 1.05. The van der Waals surface area contributed by atoms with Gasteiger partial charge < -0.3 is 10.6 Å². The van der Waals surface area contributed by atoms with Gasteiger partial charge in [-0.15, -0.1) is 4.91 Å². The van der Waals surface area contributed by atoms with E-state index in [4.69, 9.17) is 5.73 Å². The zero-order valence-corrected chi connectivity index (χ0v) is 5.15. The fourth-order valence-corrected chi connectivity index (χ4v) is 0.604. The number of hydrogen-bond acceptors (Lipinski definition) is 4. The SMILES string of the molecule is Nc1ccccc1ON=O. The van der Waals surface area contributed by atoms with Crippen LogP contribution in [0.1, 0.15) is 0 Å². The molecule has 1 rings (SSSR count). The lowest BCUT2D eigenvalue weighted by Crippen LogP contribution is -1.89. The Morgan fingerprint density at radius 1 is 1.40 bits per heavy atom. The molecule has 0 spiro atoms. The first kappa shape index (κ1) is 6.54.